The van der Waals surface area contributed by atoms with Gasteiger partial charge in [0.25, 0.3) is 0 Å². The van der Waals surface area contributed by atoms with Gasteiger partial charge in [-0.15, -0.1) is 11.8 Å². The Kier molecular flexibility index (Phi) is 5.71. The lowest BCUT2D eigenvalue weighted by atomic mass is 9.99. The molecule has 3 heteroatoms. The largest absolute Gasteiger partial charge is 0.303 e. The lowest BCUT2D eigenvalue weighted by molar-refractivity contribution is 0.451. The molecule has 0 aliphatic carbocycles. The van der Waals surface area contributed by atoms with Gasteiger partial charge in [-0.1, -0.05) is 17.7 Å². The van der Waals surface area contributed by atoms with Gasteiger partial charge in [0.2, 0.25) is 0 Å². The minimum atomic E-state index is -0.387. The Labute approximate surface area is 115 Å². The van der Waals surface area contributed by atoms with E-state index in [-0.39, 0.29) is 5.54 Å². The van der Waals surface area contributed by atoms with Crippen molar-refractivity contribution in [3.8, 4) is 6.07 Å². The first kappa shape index (κ1) is 15.1. The molecule has 0 aliphatic rings. The van der Waals surface area contributed by atoms with Crippen LogP contribution in [0.4, 0.5) is 0 Å². The molecule has 0 saturated heterocycles. The van der Waals surface area contributed by atoms with Crippen LogP contribution in [-0.4, -0.2) is 18.3 Å². The first-order valence-corrected chi connectivity index (χ1v) is 7.29. The van der Waals surface area contributed by atoms with E-state index < -0.39 is 0 Å². The molecular weight excluding hydrogens is 240 g/mol. The van der Waals surface area contributed by atoms with Crippen LogP contribution in [0.2, 0.25) is 0 Å². The summed E-state index contributed by atoms with van der Waals surface area (Å²) < 4.78 is 0. The molecule has 1 atom stereocenters. The number of nitriles is 1. The zero-order valence-electron chi connectivity index (χ0n) is 11.7. The van der Waals surface area contributed by atoms with Crippen molar-refractivity contribution in [3.63, 3.8) is 0 Å². The van der Waals surface area contributed by atoms with E-state index in [9.17, 15) is 0 Å². The average molecular weight is 262 g/mol. The van der Waals surface area contributed by atoms with Crippen molar-refractivity contribution < 1.29 is 0 Å². The molecule has 0 aromatic heterocycles. The van der Waals surface area contributed by atoms with E-state index in [4.69, 9.17) is 5.26 Å². The van der Waals surface area contributed by atoms with Gasteiger partial charge >= 0.3 is 0 Å². The predicted octanol–water partition coefficient (Wildman–Crippen LogP) is 3.68. The Bertz CT molecular complexity index is 437. The molecule has 1 rings (SSSR count). The summed E-state index contributed by atoms with van der Waals surface area (Å²) in [6.07, 6.45) is 1.93. The molecule has 1 aromatic carbocycles. The summed E-state index contributed by atoms with van der Waals surface area (Å²) in [7, 11) is 1.85. The Balaban J connectivity index is 2.43. The van der Waals surface area contributed by atoms with Gasteiger partial charge in [-0.2, -0.15) is 5.26 Å². The van der Waals surface area contributed by atoms with E-state index in [2.05, 4.69) is 43.4 Å². The molecule has 1 aromatic rings. The minimum absolute atomic E-state index is 0.387. The summed E-state index contributed by atoms with van der Waals surface area (Å²) in [6.45, 7) is 6.22. The normalized spacial score (nSPS) is 13.9. The molecule has 0 saturated carbocycles. The molecule has 0 spiro atoms. The molecule has 1 N–H and O–H groups in total. The SMILES string of the molecule is CNC(C)(C#N)CCCSc1cc(C)ccc1C. The van der Waals surface area contributed by atoms with Crippen molar-refractivity contribution >= 4 is 11.8 Å². The maximum atomic E-state index is 9.06. The zero-order valence-corrected chi connectivity index (χ0v) is 12.5. The Morgan fingerprint density at radius 2 is 2.11 bits per heavy atom. The van der Waals surface area contributed by atoms with Gasteiger partial charge in [0.1, 0.15) is 5.54 Å². The highest BCUT2D eigenvalue weighted by molar-refractivity contribution is 7.99. The van der Waals surface area contributed by atoms with Gasteiger partial charge in [-0.05, 0) is 58.0 Å². The van der Waals surface area contributed by atoms with E-state index >= 15 is 0 Å². The smallest absolute Gasteiger partial charge is 0.103 e. The first-order valence-electron chi connectivity index (χ1n) is 6.31. The van der Waals surface area contributed by atoms with Crippen LogP contribution in [0.1, 0.15) is 30.9 Å². The Morgan fingerprint density at radius 1 is 1.39 bits per heavy atom. The molecule has 0 radical (unpaired) electrons. The van der Waals surface area contributed by atoms with Crippen molar-refractivity contribution in [1.29, 1.82) is 5.26 Å². The fourth-order valence-electron chi connectivity index (χ4n) is 1.71. The quantitative estimate of drug-likeness (QED) is 0.627. The number of rotatable bonds is 6. The van der Waals surface area contributed by atoms with Crippen LogP contribution < -0.4 is 5.32 Å². The topological polar surface area (TPSA) is 35.8 Å². The van der Waals surface area contributed by atoms with Crippen LogP contribution >= 0.6 is 11.8 Å². The third kappa shape index (κ3) is 4.36. The highest BCUT2D eigenvalue weighted by atomic mass is 32.2. The van der Waals surface area contributed by atoms with E-state index in [1.807, 2.05) is 25.7 Å². The van der Waals surface area contributed by atoms with Crippen molar-refractivity contribution in [2.75, 3.05) is 12.8 Å². The van der Waals surface area contributed by atoms with Crippen LogP contribution in [-0.2, 0) is 0 Å². The van der Waals surface area contributed by atoms with Gasteiger partial charge < -0.3 is 5.32 Å². The van der Waals surface area contributed by atoms with Gasteiger partial charge in [-0.3, -0.25) is 0 Å². The lowest BCUT2D eigenvalue weighted by Gasteiger charge is -2.20. The molecule has 98 valence electrons. The monoisotopic (exact) mass is 262 g/mol. The van der Waals surface area contributed by atoms with Gasteiger partial charge in [0.15, 0.2) is 0 Å². The fraction of sp³-hybridized carbons (Fsp3) is 0.533. The third-order valence-electron chi connectivity index (χ3n) is 3.22. The predicted molar refractivity (Wildman–Crippen MR) is 79.0 cm³/mol. The summed E-state index contributed by atoms with van der Waals surface area (Å²) in [5.41, 5.74) is 2.25. The summed E-state index contributed by atoms with van der Waals surface area (Å²) in [4.78, 5) is 1.36. The van der Waals surface area contributed by atoms with Crippen LogP contribution in [0.3, 0.4) is 0 Å². The molecule has 0 aliphatic heterocycles. The van der Waals surface area contributed by atoms with E-state index in [1.165, 1.54) is 16.0 Å². The number of nitrogens with zero attached hydrogens (tertiary/aromatic N) is 1. The Morgan fingerprint density at radius 3 is 2.72 bits per heavy atom. The number of hydrogen-bond donors (Lipinski definition) is 1. The molecule has 0 heterocycles. The molecule has 2 nitrogen and oxygen atoms in total. The summed E-state index contributed by atoms with van der Waals surface area (Å²) in [5.74, 6) is 1.06. The standard InChI is InChI=1S/C15H22N2S/c1-12-6-7-13(2)14(10-12)18-9-5-8-15(3,11-16)17-4/h6-7,10,17H,5,8-9H2,1-4H3. The highest BCUT2D eigenvalue weighted by Gasteiger charge is 2.19. The lowest BCUT2D eigenvalue weighted by Crippen LogP contribution is -2.37. The van der Waals surface area contributed by atoms with Crippen molar-refractivity contribution in [1.82, 2.24) is 5.32 Å². The molecule has 18 heavy (non-hydrogen) atoms. The first-order chi connectivity index (χ1) is 8.50. The zero-order chi connectivity index (χ0) is 13.6. The van der Waals surface area contributed by atoms with E-state index in [0.29, 0.717) is 0 Å². The third-order valence-corrected chi connectivity index (χ3v) is 4.46. The highest BCUT2D eigenvalue weighted by Crippen LogP contribution is 2.25. The average Bonchev–Trinajstić information content (AvgIpc) is 2.38. The van der Waals surface area contributed by atoms with Crippen molar-refractivity contribution in [2.24, 2.45) is 0 Å². The number of hydrogen-bond acceptors (Lipinski definition) is 3. The molecule has 0 bridgehead atoms. The number of nitrogens with one attached hydrogen (secondary N) is 1. The van der Waals surface area contributed by atoms with Gasteiger partial charge in [-0.25, -0.2) is 0 Å². The maximum Gasteiger partial charge on any atom is 0.103 e. The fourth-order valence-corrected chi connectivity index (χ4v) is 2.78. The van der Waals surface area contributed by atoms with Crippen LogP contribution in [0.25, 0.3) is 0 Å². The second-order valence-electron chi connectivity index (χ2n) is 4.91. The van der Waals surface area contributed by atoms with E-state index in [0.717, 1.165) is 18.6 Å². The number of thioether (sulfide) groups is 1. The van der Waals surface area contributed by atoms with Crippen LogP contribution in [0.15, 0.2) is 23.1 Å². The second-order valence-corrected chi connectivity index (χ2v) is 6.05. The molecule has 0 amide bonds. The minimum Gasteiger partial charge on any atom is -0.303 e. The molecule has 0 fully saturated rings. The molecule has 1 unspecified atom stereocenters. The van der Waals surface area contributed by atoms with Crippen LogP contribution in [0, 0.1) is 25.2 Å². The number of benzene rings is 1. The summed E-state index contributed by atoms with van der Waals surface area (Å²) >= 11 is 1.89. The summed E-state index contributed by atoms with van der Waals surface area (Å²) in [5, 5.41) is 12.1. The van der Waals surface area contributed by atoms with Crippen molar-refractivity contribution in [3.05, 3.63) is 29.3 Å². The maximum absolute atomic E-state index is 9.06. The molecular formula is C15H22N2S. The second kappa shape index (κ2) is 6.82. The van der Waals surface area contributed by atoms with Gasteiger partial charge in [0, 0.05) is 4.90 Å². The van der Waals surface area contributed by atoms with E-state index in [1.54, 1.807) is 0 Å². The Hall–Kier alpha value is -0.980. The number of aryl methyl sites for hydroxylation is 2. The van der Waals surface area contributed by atoms with Crippen LogP contribution in [0.5, 0.6) is 0 Å². The summed E-state index contributed by atoms with van der Waals surface area (Å²) in [6, 6.07) is 8.88. The van der Waals surface area contributed by atoms with Gasteiger partial charge in [0.05, 0.1) is 6.07 Å². The van der Waals surface area contributed by atoms with Crippen molar-refractivity contribution in [2.45, 2.75) is 44.0 Å².